The third kappa shape index (κ3) is 3.73. The van der Waals surface area contributed by atoms with E-state index in [0.717, 1.165) is 48.2 Å². The fraction of sp³-hybridized carbons (Fsp3) is 0.391. The van der Waals surface area contributed by atoms with Crippen molar-refractivity contribution in [3.05, 3.63) is 47.8 Å². The number of anilines is 1. The second-order valence-corrected chi connectivity index (χ2v) is 8.08. The number of fused-ring (bicyclic) bond motifs is 1. The fourth-order valence-corrected chi connectivity index (χ4v) is 4.46. The second-order valence-electron chi connectivity index (χ2n) is 8.08. The Kier molecular flexibility index (Phi) is 5.03. The number of nitrogen functional groups attached to an aromatic ring is 1. The van der Waals surface area contributed by atoms with Crippen LogP contribution in [0.5, 0.6) is 0 Å². The Morgan fingerprint density at radius 3 is 2.61 bits per heavy atom. The molecule has 8 heteroatoms. The van der Waals surface area contributed by atoms with Crippen molar-refractivity contribution in [3.8, 4) is 11.3 Å². The summed E-state index contributed by atoms with van der Waals surface area (Å²) in [6.45, 7) is 1.33. The zero-order valence-corrected chi connectivity index (χ0v) is 17.4. The number of carbonyl (C=O) groups is 1. The van der Waals surface area contributed by atoms with Crippen molar-refractivity contribution in [2.45, 2.75) is 37.4 Å². The minimum Gasteiger partial charge on any atom is -0.383 e. The summed E-state index contributed by atoms with van der Waals surface area (Å²) < 4.78 is 11.7. The lowest BCUT2D eigenvalue weighted by Crippen LogP contribution is -2.35. The second kappa shape index (κ2) is 7.86. The number of nitrogens with two attached hydrogens (primary N) is 1. The number of benzene rings is 1. The first-order valence-electron chi connectivity index (χ1n) is 10.6. The molecule has 0 radical (unpaired) electrons. The van der Waals surface area contributed by atoms with Crippen LogP contribution in [0.4, 0.5) is 5.82 Å². The molecule has 8 nitrogen and oxygen atoms in total. The summed E-state index contributed by atoms with van der Waals surface area (Å²) in [5.74, 6) is 0.808. The summed E-state index contributed by atoms with van der Waals surface area (Å²) >= 11 is 0. The van der Waals surface area contributed by atoms with Crippen LogP contribution in [0.3, 0.4) is 0 Å². The average molecular weight is 419 g/mol. The Labute approximate surface area is 180 Å². The molecule has 3 heterocycles. The molecule has 1 aromatic carbocycles. The number of nitrogens with zero attached hydrogens (tertiary/aromatic N) is 3. The Balaban J connectivity index is 1.46. The monoisotopic (exact) mass is 419 g/mol. The van der Waals surface area contributed by atoms with Gasteiger partial charge in [0.1, 0.15) is 11.6 Å². The normalized spacial score (nSPS) is 18.5. The van der Waals surface area contributed by atoms with E-state index in [1.165, 1.54) is 0 Å². The summed E-state index contributed by atoms with van der Waals surface area (Å²) in [7, 11) is 1.61. The molecular weight excluding hydrogens is 394 g/mol. The standard InChI is InChI=1S/C23H25N5O3/c1-25-22(29)16-4-2-3-15(13-16)18-6-5-17-19(24)27-20(28-21(17)26-18)14-7-9-23(10-8-14)30-11-12-31-23/h2-6,13-14H,7-12H2,1H3,(H,25,29)(H2,24,26,27,28). The Hall–Kier alpha value is -3.10. The van der Waals surface area contributed by atoms with Gasteiger partial charge in [-0.05, 0) is 37.1 Å². The van der Waals surface area contributed by atoms with Crippen LogP contribution < -0.4 is 11.1 Å². The third-order valence-electron chi connectivity index (χ3n) is 6.18. The zero-order chi connectivity index (χ0) is 21.4. The van der Waals surface area contributed by atoms with Gasteiger partial charge in [-0.15, -0.1) is 0 Å². The maximum atomic E-state index is 12.0. The van der Waals surface area contributed by atoms with Crippen LogP contribution >= 0.6 is 0 Å². The first-order chi connectivity index (χ1) is 15.1. The summed E-state index contributed by atoms with van der Waals surface area (Å²) in [4.78, 5) is 26.1. The topological polar surface area (TPSA) is 112 Å². The third-order valence-corrected chi connectivity index (χ3v) is 6.18. The molecule has 2 aliphatic rings. The van der Waals surface area contributed by atoms with E-state index in [4.69, 9.17) is 25.2 Å². The van der Waals surface area contributed by atoms with Crippen molar-refractivity contribution < 1.29 is 14.3 Å². The van der Waals surface area contributed by atoms with E-state index in [9.17, 15) is 4.79 Å². The molecule has 1 aliphatic heterocycles. The van der Waals surface area contributed by atoms with Gasteiger partial charge in [-0.1, -0.05) is 12.1 Å². The van der Waals surface area contributed by atoms with Crippen LogP contribution in [-0.4, -0.2) is 46.9 Å². The molecule has 3 N–H and O–H groups in total. The van der Waals surface area contributed by atoms with Crippen LogP contribution in [0.2, 0.25) is 0 Å². The molecule has 160 valence electrons. The number of hydrogen-bond acceptors (Lipinski definition) is 7. The first-order valence-corrected chi connectivity index (χ1v) is 10.6. The van der Waals surface area contributed by atoms with Crippen LogP contribution in [0.1, 0.15) is 47.8 Å². The molecule has 5 rings (SSSR count). The predicted molar refractivity (Wildman–Crippen MR) is 116 cm³/mol. The van der Waals surface area contributed by atoms with Crippen molar-refractivity contribution in [1.82, 2.24) is 20.3 Å². The fourth-order valence-electron chi connectivity index (χ4n) is 4.46. The van der Waals surface area contributed by atoms with Gasteiger partial charge >= 0.3 is 0 Å². The molecule has 1 saturated heterocycles. The van der Waals surface area contributed by atoms with Gasteiger partial charge in [-0.25, -0.2) is 15.0 Å². The highest BCUT2D eigenvalue weighted by atomic mass is 16.7. The SMILES string of the molecule is CNC(=O)c1cccc(-c2ccc3c(N)nc(C4CCC5(CC4)OCCO5)nc3n2)c1. The van der Waals surface area contributed by atoms with E-state index >= 15 is 0 Å². The van der Waals surface area contributed by atoms with E-state index in [-0.39, 0.29) is 11.8 Å². The smallest absolute Gasteiger partial charge is 0.251 e. The zero-order valence-electron chi connectivity index (χ0n) is 17.4. The molecule has 0 atom stereocenters. The van der Waals surface area contributed by atoms with E-state index in [1.54, 1.807) is 13.1 Å². The molecule has 0 bridgehead atoms. The number of ether oxygens (including phenoxy) is 2. The summed E-state index contributed by atoms with van der Waals surface area (Å²) in [5, 5.41) is 3.37. The summed E-state index contributed by atoms with van der Waals surface area (Å²) in [6.07, 6.45) is 3.44. The van der Waals surface area contributed by atoms with E-state index in [0.29, 0.717) is 30.2 Å². The van der Waals surface area contributed by atoms with Crippen molar-refractivity contribution in [1.29, 1.82) is 0 Å². The van der Waals surface area contributed by atoms with Gasteiger partial charge in [-0.2, -0.15) is 0 Å². The number of amides is 1. The van der Waals surface area contributed by atoms with Crippen LogP contribution in [0, 0.1) is 0 Å². The van der Waals surface area contributed by atoms with Gasteiger partial charge in [0.25, 0.3) is 5.91 Å². The predicted octanol–water partition coefficient (Wildman–Crippen LogP) is 3.03. The number of carbonyl (C=O) groups excluding carboxylic acids is 1. The quantitative estimate of drug-likeness (QED) is 0.671. The minimum absolute atomic E-state index is 0.137. The number of rotatable bonds is 3. The molecule has 2 fully saturated rings. The molecule has 3 aromatic rings. The van der Waals surface area contributed by atoms with Gasteiger partial charge in [0.2, 0.25) is 0 Å². The number of hydrogen-bond donors (Lipinski definition) is 2. The number of pyridine rings is 1. The van der Waals surface area contributed by atoms with Gasteiger partial charge in [-0.3, -0.25) is 4.79 Å². The maximum Gasteiger partial charge on any atom is 0.251 e. The summed E-state index contributed by atoms with van der Waals surface area (Å²) in [6, 6.07) is 11.1. The van der Waals surface area contributed by atoms with Crippen molar-refractivity contribution >= 4 is 22.8 Å². The average Bonchev–Trinajstić information content (AvgIpc) is 3.26. The van der Waals surface area contributed by atoms with E-state index in [1.807, 2.05) is 30.3 Å². The van der Waals surface area contributed by atoms with Crippen molar-refractivity contribution in [3.63, 3.8) is 0 Å². The van der Waals surface area contributed by atoms with Gasteiger partial charge in [0.15, 0.2) is 11.4 Å². The molecule has 1 saturated carbocycles. The molecule has 31 heavy (non-hydrogen) atoms. The number of nitrogens with one attached hydrogen (secondary N) is 1. The molecule has 1 spiro atoms. The van der Waals surface area contributed by atoms with E-state index in [2.05, 4.69) is 10.3 Å². The molecule has 0 unspecified atom stereocenters. The Bertz CT molecular complexity index is 1130. The molecule has 1 aliphatic carbocycles. The molecular formula is C23H25N5O3. The van der Waals surface area contributed by atoms with Crippen LogP contribution in [0.25, 0.3) is 22.3 Å². The Morgan fingerprint density at radius 2 is 1.87 bits per heavy atom. The number of aromatic nitrogens is 3. The van der Waals surface area contributed by atoms with Gasteiger partial charge < -0.3 is 20.5 Å². The molecule has 2 aromatic heterocycles. The highest BCUT2D eigenvalue weighted by Crippen LogP contribution is 2.41. The van der Waals surface area contributed by atoms with Crippen molar-refractivity contribution in [2.24, 2.45) is 0 Å². The highest BCUT2D eigenvalue weighted by molar-refractivity contribution is 5.95. The van der Waals surface area contributed by atoms with Gasteiger partial charge in [0.05, 0.1) is 24.3 Å². The van der Waals surface area contributed by atoms with E-state index < -0.39 is 5.79 Å². The molecule has 1 amide bonds. The maximum absolute atomic E-state index is 12.0. The van der Waals surface area contributed by atoms with Crippen LogP contribution in [0.15, 0.2) is 36.4 Å². The minimum atomic E-state index is -0.417. The lowest BCUT2D eigenvalue weighted by atomic mass is 9.84. The van der Waals surface area contributed by atoms with Crippen LogP contribution in [-0.2, 0) is 9.47 Å². The summed E-state index contributed by atoms with van der Waals surface area (Å²) in [5.41, 5.74) is 8.98. The lowest BCUT2D eigenvalue weighted by Gasteiger charge is -2.34. The van der Waals surface area contributed by atoms with Crippen molar-refractivity contribution in [2.75, 3.05) is 26.0 Å². The largest absolute Gasteiger partial charge is 0.383 e. The highest BCUT2D eigenvalue weighted by Gasteiger charge is 2.41. The van der Waals surface area contributed by atoms with Gasteiger partial charge in [0, 0.05) is 36.9 Å². The first kappa shape index (κ1) is 19.8. The Morgan fingerprint density at radius 1 is 1.10 bits per heavy atom. The lowest BCUT2D eigenvalue weighted by molar-refractivity contribution is -0.179.